The molecule has 1 atom stereocenters. The summed E-state index contributed by atoms with van der Waals surface area (Å²) in [5.74, 6) is 3.53. The van der Waals surface area contributed by atoms with E-state index < -0.39 is 12.0 Å². The van der Waals surface area contributed by atoms with Gasteiger partial charge >= 0.3 is 5.97 Å². The van der Waals surface area contributed by atoms with Gasteiger partial charge in [-0.25, -0.2) is 9.79 Å². The Hall–Kier alpha value is -4.29. The molecule has 0 amide bonds. The summed E-state index contributed by atoms with van der Waals surface area (Å²) in [6.45, 7) is 7.61. The van der Waals surface area contributed by atoms with Gasteiger partial charge in [0.25, 0.3) is 5.56 Å². The molecule has 0 radical (unpaired) electrons. The Balaban J connectivity index is 1.93. The number of hydrogen-bond donors (Lipinski definition) is 0. The third-order valence-electron chi connectivity index (χ3n) is 5.90. The van der Waals surface area contributed by atoms with E-state index >= 15 is 0 Å². The second-order valence-electron chi connectivity index (χ2n) is 8.91. The van der Waals surface area contributed by atoms with E-state index in [1.54, 1.807) is 45.2 Å². The summed E-state index contributed by atoms with van der Waals surface area (Å²) in [6.07, 6.45) is 7.04. The number of hydrogen-bond acceptors (Lipinski definition) is 8. The topological polar surface area (TPSA) is 88.3 Å². The van der Waals surface area contributed by atoms with E-state index in [0.29, 0.717) is 43.4 Å². The SMILES string of the molecule is C#CCOc1ccccc1C=c1sc2n(c1=O)C(c1ccc(OC(C)C)c(OC)c1)C(C(=O)OCC)=C(C)N=2. The highest BCUT2D eigenvalue weighted by molar-refractivity contribution is 7.07. The quantitative estimate of drug-likeness (QED) is 0.301. The largest absolute Gasteiger partial charge is 0.493 e. The van der Waals surface area contributed by atoms with E-state index in [1.807, 2.05) is 38.1 Å². The van der Waals surface area contributed by atoms with Crippen LogP contribution in [0.15, 0.2) is 63.5 Å². The summed E-state index contributed by atoms with van der Waals surface area (Å²) >= 11 is 1.23. The molecule has 9 heteroatoms. The highest BCUT2D eigenvalue weighted by atomic mass is 32.1. The number of fused-ring (bicyclic) bond motifs is 1. The summed E-state index contributed by atoms with van der Waals surface area (Å²) in [4.78, 5) is 32.2. The number of rotatable bonds is 9. The number of carbonyl (C=O) groups excluding carboxylic acids is 1. The lowest BCUT2D eigenvalue weighted by Gasteiger charge is -2.25. The van der Waals surface area contributed by atoms with E-state index in [2.05, 4.69) is 10.9 Å². The Kier molecular flexibility index (Phi) is 8.57. The fourth-order valence-corrected chi connectivity index (χ4v) is 5.34. The molecule has 1 aliphatic rings. The van der Waals surface area contributed by atoms with Crippen molar-refractivity contribution in [2.45, 2.75) is 39.8 Å². The normalized spacial score (nSPS) is 14.9. The van der Waals surface area contributed by atoms with Gasteiger partial charge in [0, 0.05) is 5.56 Å². The van der Waals surface area contributed by atoms with Crippen LogP contribution < -0.4 is 29.1 Å². The van der Waals surface area contributed by atoms with Crippen LogP contribution in [0.3, 0.4) is 0 Å². The lowest BCUT2D eigenvalue weighted by molar-refractivity contribution is -0.139. The number of para-hydroxylation sites is 1. The number of nitrogens with zero attached hydrogens (tertiary/aromatic N) is 2. The van der Waals surface area contributed by atoms with Crippen molar-refractivity contribution >= 4 is 23.4 Å². The van der Waals surface area contributed by atoms with Crippen LogP contribution in [-0.4, -0.2) is 37.0 Å². The molecule has 0 saturated heterocycles. The molecular formula is C30H30N2O6S. The molecule has 1 aromatic heterocycles. The Labute approximate surface area is 230 Å². The Morgan fingerprint density at radius 3 is 2.67 bits per heavy atom. The predicted octanol–water partition coefficient (Wildman–Crippen LogP) is 3.61. The van der Waals surface area contributed by atoms with Gasteiger partial charge in [-0.1, -0.05) is 41.5 Å². The molecule has 3 aromatic rings. The first-order valence-electron chi connectivity index (χ1n) is 12.5. The van der Waals surface area contributed by atoms with Gasteiger partial charge < -0.3 is 18.9 Å². The summed E-state index contributed by atoms with van der Waals surface area (Å²) in [6, 6.07) is 11.9. The number of thiazole rings is 1. The van der Waals surface area contributed by atoms with Gasteiger partial charge in [-0.05, 0) is 57.5 Å². The highest BCUT2D eigenvalue weighted by Gasteiger charge is 2.34. The molecule has 0 saturated carbocycles. The highest BCUT2D eigenvalue weighted by Crippen LogP contribution is 2.36. The van der Waals surface area contributed by atoms with Gasteiger partial charge in [-0.2, -0.15) is 0 Å². The minimum atomic E-state index is -0.780. The molecule has 2 aromatic carbocycles. The first-order chi connectivity index (χ1) is 18.8. The molecule has 1 unspecified atom stereocenters. The molecule has 0 spiro atoms. The van der Waals surface area contributed by atoms with Crippen LogP contribution in [-0.2, 0) is 9.53 Å². The average molecular weight is 547 g/mol. The van der Waals surface area contributed by atoms with Crippen molar-refractivity contribution in [3.8, 4) is 29.6 Å². The molecule has 0 aliphatic carbocycles. The van der Waals surface area contributed by atoms with Crippen LogP contribution in [0.1, 0.15) is 44.9 Å². The molecule has 2 heterocycles. The molecule has 8 nitrogen and oxygen atoms in total. The fourth-order valence-electron chi connectivity index (χ4n) is 4.30. The fraction of sp³-hybridized carbons (Fsp3) is 0.300. The number of esters is 1. The van der Waals surface area contributed by atoms with Crippen LogP contribution >= 0.6 is 11.3 Å². The van der Waals surface area contributed by atoms with Crippen LogP contribution in [0.2, 0.25) is 0 Å². The number of allylic oxidation sites excluding steroid dienone is 1. The molecule has 1 aliphatic heterocycles. The summed E-state index contributed by atoms with van der Waals surface area (Å²) in [5.41, 5.74) is 1.82. The third kappa shape index (κ3) is 5.76. The number of carbonyl (C=O) groups is 1. The second-order valence-corrected chi connectivity index (χ2v) is 9.92. The molecule has 4 rings (SSSR count). The van der Waals surface area contributed by atoms with Crippen molar-refractivity contribution in [3.63, 3.8) is 0 Å². The Morgan fingerprint density at radius 2 is 1.97 bits per heavy atom. The van der Waals surface area contributed by atoms with Crippen molar-refractivity contribution < 1.29 is 23.7 Å². The maximum absolute atomic E-state index is 13.9. The molecule has 0 bridgehead atoms. The zero-order chi connectivity index (χ0) is 28.1. The van der Waals surface area contributed by atoms with Gasteiger partial charge in [-0.15, -0.1) is 6.42 Å². The molecule has 0 fully saturated rings. The number of ether oxygens (including phenoxy) is 4. The lowest BCUT2D eigenvalue weighted by Crippen LogP contribution is -2.40. The van der Waals surface area contributed by atoms with Gasteiger partial charge in [0.15, 0.2) is 16.3 Å². The minimum absolute atomic E-state index is 0.0628. The number of terminal acetylenes is 1. The number of aromatic nitrogens is 1. The second kappa shape index (κ2) is 12.0. The first-order valence-corrected chi connectivity index (χ1v) is 13.3. The smallest absolute Gasteiger partial charge is 0.338 e. The van der Waals surface area contributed by atoms with Crippen molar-refractivity contribution in [2.24, 2.45) is 4.99 Å². The average Bonchev–Trinajstić information content (AvgIpc) is 3.21. The Bertz CT molecular complexity index is 1640. The van der Waals surface area contributed by atoms with Crippen LogP contribution in [0.5, 0.6) is 17.2 Å². The van der Waals surface area contributed by atoms with Crippen molar-refractivity contribution in [3.05, 3.63) is 84.5 Å². The monoisotopic (exact) mass is 546 g/mol. The van der Waals surface area contributed by atoms with Crippen molar-refractivity contribution in [1.82, 2.24) is 4.57 Å². The summed E-state index contributed by atoms with van der Waals surface area (Å²) in [7, 11) is 1.55. The Morgan fingerprint density at radius 1 is 1.21 bits per heavy atom. The first kappa shape index (κ1) is 27.7. The molecule has 0 N–H and O–H groups in total. The van der Waals surface area contributed by atoms with Crippen LogP contribution in [0.4, 0.5) is 0 Å². The number of benzene rings is 2. The van der Waals surface area contributed by atoms with Gasteiger partial charge in [0.1, 0.15) is 12.4 Å². The van der Waals surface area contributed by atoms with E-state index in [0.717, 1.165) is 0 Å². The zero-order valence-electron chi connectivity index (χ0n) is 22.5. The lowest BCUT2D eigenvalue weighted by atomic mass is 9.95. The summed E-state index contributed by atoms with van der Waals surface area (Å²) < 4.78 is 24.5. The maximum atomic E-state index is 13.9. The van der Waals surface area contributed by atoms with Crippen LogP contribution in [0.25, 0.3) is 6.08 Å². The van der Waals surface area contributed by atoms with Gasteiger partial charge in [-0.3, -0.25) is 9.36 Å². The van der Waals surface area contributed by atoms with E-state index in [4.69, 9.17) is 25.4 Å². The zero-order valence-corrected chi connectivity index (χ0v) is 23.3. The molecule has 39 heavy (non-hydrogen) atoms. The maximum Gasteiger partial charge on any atom is 0.338 e. The predicted molar refractivity (Wildman–Crippen MR) is 150 cm³/mol. The molecule has 202 valence electrons. The van der Waals surface area contributed by atoms with E-state index in [1.165, 1.54) is 15.9 Å². The third-order valence-corrected chi connectivity index (χ3v) is 6.88. The van der Waals surface area contributed by atoms with Crippen molar-refractivity contribution in [2.75, 3.05) is 20.3 Å². The number of methoxy groups -OCH3 is 1. The van der Waals surface area contributed by atoms with Gasteiger partial charge in [0.2, 0.25) is 0 Å². The minimum Gasteiger partial charge on any atom is -0.493 e. The van der Waals surface area contributed by atoms with Gasteiger partial charge in [0.05, 0.1) is 41.7 Å². The standard InChI is InChI=1S/C30H30N2O6S/c1-7-15-37-22-12-10-9-11-20(22)17-25-28(33)32-27(21-13-14-23(38-18(3)4)24(16-21)35-6)26(29(34)36-8-2)19(5)31-30(32)39-25/h1,9-14,16-18,27H,8,15H2,2-6H3. The van der Waals surface area contributed by atoms with Crippen LogP contribution in [0, 0.1) is 12.3 Å². The summed E-state index contributed by atoms with van der Waals surface area (Å²) in [5, 5.41) is 0. The van der Waals surface area contributed by atoms with E-state index in [9.17, 15) is 9.59 Å². The van der Waals surface area contributed by atoms with E-state index in [-0.39, 0.29) is 30.5 Å². The van der Waals surface area contributed by atoms with Crippen molar-refractivity contribution in [1.29, 1.82) is 0 Å². The molecular weight excluding hydrogens is 516 g/mol.